The highest BCUT2D eigenvalue weighted by molar-refractivity contribution is 9.10. The number of carbonyl (C=O) groups excluding carboxylic acids is 1. The van der Waals surface area contributed by atoms with E-state index < -0.39 is 10.8 Å². The Hall–Kier alpha value is -1.80. The highest BCUT2D eigenvalue weighted by Gasteiger charge is 2.19. The summed E-state index contributed by atoms with van der Waals surface area (Å²) in [6.07, 6.45) is 1.54. The second-order valence-electron chi connectivity index (χ2n) is 3.59. The van der Waals surface area contributed by atoms with Gasteiger partial charge in [0.2, 0.25) is 0 Å². The molecule has 0 fully saturated rings. The van der Waals surface area contributed by atoms with Gasteiger partial charge in [-0.15, -0.1) is 11.3 Å². The van der Waals surface area contributed by atoms with Crippen LogP contribution in [0.15, 0.2) is 28.9 Å². The Kier molecular flexibility index (Phi) is 3.91. The Bertz CT molecular complexity index is 656. The first kappa shape index (κ1) is 13.6. The van der Waals surface area contributed by atoms with Crippen LogP contribution in [0.4, 0.5) is 10.7 Å². The largest absolute Gasteiger partial charge is 0.312 e. The van der Waals surface area contributed by atoms with E-state index >= 15 is 0 Å². The minimum Gasteiger partial charge on any atom is -0.312 e. The second kappa shape index (κ2) is 5.45. The molecular formula is C11H8BrN3O3S. The van der Waals surface area contributed by atoms with Crippen LogP contribution in [0.3, 0.4) is 0 Å². The Balaban J connectivity index is 2.29. The zero-order chi connectivity index (χ0) is 14.0. The lowest BCUT2D eigenvalue weighted by atomic mass is 10.2. The molecule has 98 valence electrons. The molecule has 0 atom stereocenters. The van der Waals surface area contributed by atoms with Crippen molar-refractivity contribution >= 4 is 43.9 Å². The molecule has 0 aliphatic heterocycles. The number of hydrogen-bond donors (Lipinski definition) is 1. The maximum atomic E-state index is 12.0. The van der Waals surface area contributed by atoms with Crippen LogP contribution in [0, 0.1) is 17.0 Å². The van der Waals surface area contributed by atoms with E-state index in [0.717, 1.165) is 5.01 Å². The molecule has 1 amide bonds. The molecule has 2 aromatic rings. The van der Waals surface area contributed by atoms with E-state index in [4.69, 9.17) is 0 Å². The predicted octanol–water partition coefficient (Wildman–Crippen LogP) is 3.37. The smallest absolute Gasteiger partial charge is 0.284 e. The number of thiazole rings is 1. The Morgan fingerprint density at radius 3 is 2.84 bits per heavy atom. The fraction of sp³-hybridized carbons (Fsp3) is 0.0909. The molecule has 0 saturated carbocycles. The third-order valence-corrected chi connectivity index (χ3v) is 3.94. The Labute approximate surface area is 120 Å². The number of nitrogens with zero attached hydrogens (tertiary/aromatic N) is 2. The zero-order valence-electron chi connectivity index (χ0n) is 9.71. The van der Waals surface area contributed by atoms with Crippen molar-refractivity contribution in [2.75, 3.05) is 5.32 Å². The lowest BCUT2D eigenvalue weighted by molar-refractivity contribution is -0.385. The van der Waals surface area contributed by atoms with E-state index in [2.05, 4.69) is 26.2 Å². The van der Waals surface area contributed by atoms with Crippen molar-refractivity contribution in [3.8, 4) is 0 Å². The Morgan fingerprint density at radius 2 is 2.26 bits per heavy atom. The van der Waals surface area contributed by atoms with Crippen LogP contribution < -0.4 is 5.32 Å². The lowest BCUT2D eigenvalue weighted by Crippen LogP contribution is -2.12. The second-order valence-corrected chi connectivity index (χ2v) is 5.62. The van der Waals surface area contributed by atoms with Gasteiger partial charge in [-0.05, 0) is 28.9 Å². The van der Waals surface area contributed by atoms with Crippen LogP contribution in [-0.4, -0.2) is 15.8 Å². The number of aryl methyl sites for hydroxylation is 1. The molecule has 1 aromatic heterocycles. The molecule has 0 unspecified atom stereocenters. The van der Waals surface area contributed by atoms with Gasteiger partial charge in [0.15, 0.2) is 0 Å². The molecule has 1 heterocycles. The van der Waals surface area contributed by atoms with Crippen LogP contribution in [0.5, 0.6) is 0 Å². The first-order chi connectivity index (χ1) is 8.99. The first-order valence-corrected chi connectivity index (χ1v) is 6.76. The van der Waals surface area contributed by atoms with Crippen molar-refractivity contribution in [3.05, 3.63) is 49.6 Å². The molecule has 2 rings (SSSR count). The molecule has 0 spiro atoms. The van der Waals surface area contributed by atoms with Gasteiger partial charge in [-0.1, -0.05) is 6.07 Å². The summed E-state index contributed by atoms with van der Waals surface area (Å²) in [4.78, 5) is 26.3. The number of halogens is 1. The predicted molar refractivity (Wildman–Crippen MR) is 75.6 cm³/mol. The number of carbonyl (C=O) groups is 1. The summed E-state index contributed by atoms with van der Waals surface area (Å²) in [6.45, 7) is 1.82. The summed E-state index contributed by atoms with van der Waals surface area (Å²) in [6, 6.07) is 4.31. The van der Waals surface area contributed by atoms with Crippen molar-refractivity contribution in [2.24, 2.45) is 0 Å². The minimum absolute atomic E-state index is 0.145. The number of nitro groups is 1. The fourth-order valence-electron chi connectivity index (χ4n) is 1.43. The van der Waals surface area contributed by atoms with Crippen molar-refractivity contribution in [1.82, 2.24) is 4.98 Å². The van der Waals surface area contributed by atoms with Crippen molar-refractivity contribution < 1.29 is 9.72 Å². The van der Waals surface area contributed by atoms with Gasteiger partial charge in [0, 0.05) is 6.07 Å². The average Bonchev–Trinajstić information content (AvgIpc) is 2.74. The van der Waals surface area contributed by atoms with Gasteiger partial charge in [0.05, 0.1) is 21.7 Å². The van der Waals surface area contributed by atoms with E-state index in [-0.39, 0.29) is 15.7 Å². The summed E-state index contributed by atoms with van der Waals surface area (Å²) >= 11 is 4.42. The van der Waals surface area contributed by atoms with Crippen LogP contribution in [0.25, 0.3) is 0 Å². The maximum absolute atomic E-state index is 12.0. The molecule has 1 N–H and O–H groups in total. The molecule has 0 bridgehead atoms. The van der Waals surface area contributed by atoms with Crippen LogP contribution >= 0.6 is 27.3 Å². The van der Waals surface area contributed by atoms with Crippen molar-refractivity contribution in [1.29, 1.82) is 0 Å². The number of aromatic nitrogens is 1. The summed E-state index contributed by atoms with van der Waals surface area (Å²) in [5, 5.41) is 14.9. The first-order valence-electron chi connectivity index (χ1n) is 5.15. The average molecular weight is 342 g/mol. The SMILES string of the molecule is Cc1ncc(NC(=O)c2cccc([N+](=O)[O-])c2Br)s1. The molecule has 6 nitrogen and oxygen atoms in total. The number of nitrogens with one attached hydrogen (secondary N) is 1. The van der Waals surface area contributed by atoms with Gasteiger partial charge in [-0.3, -0.25) is 14.9 Å². The lowest BCUT2D eigenvalue weighted by Gasteiger charge is -2.04. The number of anilines is 1. The van der Waals surface area contributed by atoms with E-state index in [0.29, 0.717) is 5.00 Å². The maximum Gasteiger partial charge on any atom is 0.284 e. The van der Waals surface area contributed by atoms with E-state index in [9.17, 15) is 14.9 Å². The third-order valence-electron chi connectivity index (χ3n) is 2.28. The number of rotatable bonds is 3. The minimum atomic E-state index is -0.544. The third kappa shape index (κ3) is 2.96. The topological polar surface area (TPSA) is 85.1 Å². The molecule has 0 aliphatic carbocycles. The normalized spacial score (nSPS) is 10.2. The summed E-state index contributed by atoms with van der Waals surface area (Å²) in [5.74, 6) is -0.417. The quantitative estimate of drug-likeness (QED) is 0.684. The molecular weight excluding hydrogens is 334 g/mol. The van der Waals surface area contributed by atoms with Gasteiger partial charge < -0.3 is 5.32 Å². The molecule has 0 saturated heterocycles. The number of nitro benzene ring substituents is 1. The van der Waals surface area contributed by atoms with E-state index in [1.54, 1.807) is 6.20 Å². The highest BCUT2D eigenvalue weighted by Crippen LogP contribution is 2.29. The highest BCUT2D eigenvalue weighted by atomic mass is 79.9. The Morgan fingerprint density at radius 1 is 1.53 bits per heavy atom. The van der Waals surface area contributed by atoms with Gasteiger partial charge in [-0.25, -0.2) is 4.98 Å². The summed E-state index contributed by atoms with van der Waals surface area (Å²) in [7, 11) is 0. The van der Waals surface area contributed by atoms with Crippen LogP contribution in [-0.2, 0) is 0 Å². The van der Waals surface area contributed by atoms with Crippen LogP contribution in [0.1, 0.15) is 15.4 Å². The van der Waals surface area contributed by atoms with Gasteiger partial charge >= 0.3 is 0 Å². The van der Waals surface area contributed by atoms with Gasteiger partial charge in [0.25, 0.3) is 11.6 Å². The van der Waals surface area contributed by atoms with Gasteiger partial charge in [0.1, 0.15) is 9.47 Å². The molecule has 0 aliphatic rings. The van der Waals surface area contributed by atoms with E-state index in [1.807, 2.05) is 6.92 Å². The monoisotopic (exact) mass is 341 g/mol. The zero-order valence-corrected chi connectivity index (χ0v) is 12.1. The number of hydrogen-bond acceptors (Lipinski definition) is 5. The van der Waals surface area contributed by atoms with E-state index in [1.165, 1.54) is 29.5 Å². The molecule has 1 aromatic carbocycles. The van der Waals surface area contributed by atoms with Crippen molar-refractivity contribution in [2.45, 2.75) is 6.92 Å². The van der Waals surface area contributed by atoms with Gasteiger partial charge in [-0.2, -0.15) is 0 Å². The molecule has 0 radical (unpaired) electrons. The van der Waals surface area contributed by atoms with Crippen LogP contribution in [0.2, 0.25) is 0 Å². The number of amides is 1. The summed E-state index contributed by atoms with van der Waals surface area (Å²) in [5.41, 5.74) is 0.0633. The van der Waals surface area contributed by atoms with Crippen molar-refractivity contribution in [3.63, 3.8) is 0 Å². The molecule has 8 heteroatoms. The number of benzene rings is 1. The molecule has 19 heavy (non-hydrogen) atoms. The summed E-state index contributed by atoms with van der Waals surface area (Å²) < 4.78 is 0.165. The fourth-order valence-corrected chi connectivity index (χ4v) is 2.70. The standard InChI is InChI=1S/C11H8BrN3O3S/c1-6-13-5-9(19-6)14-11(16)7-3-2-4-8(10(7)12)15(17)18/h2-5H,1H3,(H,14,16).